The molecule has 3 heteroatoms. The Balaban J connectivity index is 1.76. The van der Waals surface area contributed by atoms with Gasteiger partial charge in [-0.15, -0.1) is 0 Å². The van der Waals surface area contributed by atoms with Gasteiger partial charge < -0.3 is 14.8 Å². The van der Waals surface area contributed by atoms with Crippen LogP contribution in [0.4, 0.5) is 0 Å². The topological polar surface area (TPSA) is 30.5 Å². The summed E-state index contributed by atoms with van der Waals surface area (Å²) in [4.78, 5) is 0. The van der Waals surface area contributed by atoms with Gasteiger partial charge in [0.05, 0.1) is 20.3 Å². The van der Waals surface area contributed by atoms with E-state index < -0.39 is 0 Å². The molecule has 0 aliphatic carbocycles. The normalized spacial score (nSPS) is 19.7. The molecule has 1 N–H and O–H groups in total. The number of hydrogen-bond acceptors (Lipinski definition) is 3. The molecule has 1 unspecified atom stereocenters. The fourth-order valence-electron chi connectivity index (χ4n) is 1.57. The quantitative estimate of drug-likeness (QED) is 0.795. The number of nitrogens with one attached hydrogen (secondary N) is 1. The Labute approximate surface area is 90.4 Å². The molecule has 0 radical (unpaired) electrons. The van der Waals surface area contributed by atoms with Crippen LogP contribution >= 0.6 is 0 Å². The second-order valence-electron chi connectivity index (χ2n) is 3.81. The van der Waals surface area contributed by atoms with Crippen LogP contribution in [0, 0.1) is 0 Å². The van der Waals surface area contributed by atoms with Crippen molar-refractivity contribution in [2.24, 2.45) is 0 Å². The lowest BCUT2D eigenvalue weighted by Crippen LogP contribution is -2.45. The SMILES string of the molecule is COc1cccc(COCC2CCN2)c1. The minimum absolute atomic E-state index is 0.565. The highest BCUT2D eigenvalue weighted by Gasteiger charge is 2.15. The van der Waals surface area contributed by atoms with Crippen LogP contribution in [0.15, 0.2) is 24.3 Å². The molecule has 0 bridgehead atoms. The van der Waals surface area contributed by atoms with E-state index in [0.717, 1.165) is 24.5 Å². The molecule has 3 nitrogen and oxygen atoms in total. The van der Waals surface area contributed by atoms with Crippen molar-refractivity contribution in [3.63, 3.8) is 0 Å². The fraction of sp³-hybridized carbons (Fsp3) is 0.500. The molecule has 82 valence electrons. The summed E-state index contributed by atoms with van der Waals surface area (Å²) in [6.07, 6.45) is 1.23. The summed E-state index contributed by atoms with van der Waals surface area (Å²) in [6, 6.07) is 8.55. The summed E-state index contributed by atoms with van der Waals surface area (Å²) in [6.45, 7) is 2.60. The molecule has 1 aromatic carbocycles. The van der Waals surface area contributed by atoms with Gasteiger partial charge in [-0.2, -0.15) is 0 Å². The van der Waals surface area contributed by atoms with Gasteiger partial charge in [0.1, 0.15) is 5.75 Å². The fourth-order valence-corrected chi connectivity index (χ4v) is 1.57. The van der Waals surface area contributed by atoms with Crippen LogP contribution in [-0.4, -0.2) is 26.3 Å². The number of benzene rings is 1. The first kappa shape index (κ1) is 10.5. The molecular weight excluding hydrogens is 190 g/mol. The highest BCUT2D eigenvalue weighted by Crippen LogP contribution is 2.13. The molecule has 1 atom stereocenters. The Morgan fingerprint density at radius 1 is 1.47 bits per heavy atom. The van der Waals surface area contributed by atoms with E-state index in [4.69, 9.17) is 9.47 Å². The number of hydrogen-bond donors (Lipinski definition) is 1. The lowest BCUT2D eigenvalue weighted by molar-refractivity contribution is 0.0806. The molecular formula is C12H17NO2. The first-order chi connectivity index (χ1) is 7.38. The van der Waals surface area contributed by atoms with Crippen molar-refractivity contribution in [2.45, 2.75) is 19.1 Å². The van der Waals surface area contributed by atoms with Gasteiger partial charge in [0.25, 0.3) is 0 Å². The number of methoxy groups -OCH3 is 1. The minimum atomic E-state index is 0.565. The zero-order chi connectivity index (χ0) is 10.5. The summed E-state index contributed by atoms with van der Waals surface area (Å²) < 4.78 is 10.8. The van der Waals surface area contributed by atoms with Crippen molar-refractivity contribution in [1.82, 2.24) is 5.32 Å². The van der Waals surface area contributed by atoms with Gasteiger partial charge in [-0.3, -0.25) is 0 Å². The summed E-state index contributed by atoms with van der Waals surface area (Å²) in [5.41, 5.74) is 1.16. The van der Waals surface area contributed by atoms with Crippen LogP contribution in [0.3, 0.4) is 0 Å². The lowest BCUT2D eigenvalue weighted by Gasteiger charge is -2.27. The van der Waals surface area contributed by atoms with Crippen LogP contribution in [0.5, 0.6) is 5.75 Å². The zero-order valence-electron chi connectivity index (χ0n) is 9.03. The zero-order valence-corrected chi connectivity index (χ0v) is 9.03. The molecule has 1 saturated heterocycles. The van der Waals surface area contributed by atoms with Crippen molar-refractivity contribution in [2.75, 3.05) is 20.3 Å². The maximum Gasteiger partial charge on any atom is 0.119 e. The van der Waals surface area contributed by atoms with E-state index in [1.165, 1.54) is 6.42 Å². The Kier molecular flexibility index (Phi) is 3.59. The van der Waals surface area contributed by atoms with Crippen LogP contribution in [0.1, 0.15) is 12.0 Å². The van der Waals surface area contributed by atoms with Gasteiger partial charge in [0, 0.05) is 6.04 Å². The highest BCUT2D eigenvalue weighted by molar-refractivity contribution is 5.27. The molecule has 0 saturated carbocycles. The third-order valence-electron chi connectivity index (χ3n) is 2.65. The first-order valence-electron chi connectivity index (χ1n) is 5.32. The number of ether oxygens (including phenoxy) is 2. The molecule has 0 amide bonds. The second-order valence-corrected chi connectivity index (χ2v) is 3.81. The average Bonchev–Trinajstić information content (AvgIpc) is 2.22. The predicted molar refractivity (Wildman–Crippen MR) is 59.1 cm³/mol. The third-order valence-corrected chi connectivity index (χ3v) is 2.65. The van der Waals surface area contributed by atoms with Crippen LogP contribution in [-0.2, 0) is 11.3 Å². The Morgan fingerprint density at radius 2 is 2.33 bits per heavy atom. The van der Waals surface area contributed by atoms with Gasteiger partial charge in [-0.1, -0.05) is 12.1 Å². The van der Waals surface area contributed by atoms with Gasteiger partial charge in [0.15, 0.2) is 0 Å². The minimum Gasteiger partial charge on any atom is -0.497 e. The monoisotopic (exact) mass is 207 g/mol. The Morgan fingerprint density at radius 3 is 3.00 bits per heavy atom. The van der Waals surface area contributed by atoms with Crippen molar-refractivity contribution in [3.8, 4) is 5.75 Å². The summed E-state index contributed by atoms with van der Waals surface area (Å²) in [5.74, 6) is 0.887. The summed E-state index contributed by atoms with van der Waals surface area (Å²) in [7, 11) is 1.68. The van der Waals surface area contributed by atoms with E-state index >= 15 is 0 Å². The van der Waals surface area contributed by atoms with Gasteiger partial charge >= 0.3 is 0 Å². The van der Waals surface area contributed by atoms with Crippen LogP contribution in [0.25, 0.3) is 0 Å². The van der Waals surface area contributed by atoms with E-state index in [9.17, 15) is 0 Å². The van der Waals surface area contributed by atoms with Crippen molar-refractivity contribution < 1.29 is 9.47 Å². The first-order valence-corrected chi connectivity index (χ1v) is 5.32. The summed E-state index contributed by atoms with van der Waals surface area (Å²) in [5, 5.41) is 3.30. The lowest BCUT2D eigenvalue weighted by atomic mass is 10.1. The molecule has 2 rings (SSSR count). The predicted octanol–water partition coefficient (Wildman–Crippen LogP) is 1.57. The molecule has 0 spiro atoms. The van der Waals surface area contributed by atoms with Crippen molar-refractivity contribution >= 4 is 0 Å². The van der Waals surface area contributed by atoms with Crippen molar-refractivity contribution in [1.29, 1.82) is 0 Å². The maximum atomic E-state index is 5.61. The number of rotatable bonds is 5. The molecule has 1 aliphatic rings. The van der Waals surface area contributed by atoms with Crippen LogP contribution in [0.2, 0.25) is 0 Å². The molecule has 1 fully saturated rings. The van der Waals surface area contributed by atoms with Gasteiger partial charge in [-0.25, -0.2) is 0 Å². The van der Waals surface area contributed by atoms with Crippen LogP contribution < -0.4 is 10.1 Å². The maximum absolute atomic E-state index is 5.61. The van der Waals surface area contributed by atoms with Gasteiger partial charge in [0.2, 0.25) is 0 Å². The highest BCUT2D eigenvalue weighted by atomic mass is 16.5. The van der Waals surface area contributed by atoms with Crippen molar-refractivity contribution in [3.05, 3.63) is 29.8 Å². The van der Waals surface area contributed by atoms with E-state index in [1.807, 2.05) is 18.2 Å². The average molecular weight is 207 g/mol. The van der Waals surface area contributed by atoms with Gasteiger partial charge in [-0.05, 0) is 30.7 Å². The van der Waals surface area contributed by atoms with E-state index in [-0.39, 0.29) is 0 Å². The molecule has 15 heavy (non-hydrogen) atoms. The van der Waals surface area contributed by atoms with E-state index in [0.29, 0.717) is 12.6 Å². The van der Waals surface area contributed by atoms with E-state index in [1.54, 1.807) is 7.11 Å². The molecule has 1 aliphatic heterocycles. The Hall–Kier alpha value is -1.06. The molecule has 0 aromatic heterocycles. The second kappa shape index (κ2) is 5.14. The van der Waals surface area contributed by atoms with E-state index in [2.05, 4.69) is 11.4 Å². The smallest absolute Gasteiger partial charge is 0.119 e. The molecule has 1 heterocycles. The Bertz CT molecular complexity index is 310. The third kappa shape index (κ3) is 2.94. The largest absolute Gasteiger partial charge is 0.497 e. The summed E-state index contributed by atoms with van der Waals surface area (Å²) >= 11 is 0. The standard InChI is InChI=1S/C12H17NO2/c1-14-12-4-2-3-10(7-12)8-15-9-11-5-6-13-11/h2-4,7,11,13H,5-6,8-9H2,1H3. The molecule has 1 aromatic rings.